The van der Waals surface area contributed by atoms with E-state index in [2.05, 4.69) is 5.10 Å². The third kappa shape index (κ3) is 3.30. The number of rotatable bonds is 4. The van der Waals surface area contributed by atoms with Crippen LogP contribution in [0.1, 0.15) is 31.8 Å². The van der Waals surface area contributed by atoms with E-state index < -0.39 is 15.8 Å². The van der Waals surface area contributed by atoms with E-state index in [1.807, 2.05) is 36.5 Å². The van der Waals surface area contributed by atoms with Crippen LogP contribution < -0.4 is 0 Å². The predicted octanol–water partition coefficient (Wildman–Crippen LogP) is 3.61. The van der Waals surface area contributed by atoms with E-state index >= 15 is 0 Å². The molecule has 0 amide bonds. The molecule has 0 spiro atoms. The number of carbonyl (C=O) groups excluding carboxylic acids is 2. The van der Waals surface area contributed by atoms with Gasteiger partial charge in [-0.25, -0.2) is 17.9 Å². The molecule has 0 unspecified atom stereocenters. The first-order valence-corrected chi connectivity index (χ1v) is 11.2. The first-order valence-electron chi connectivity index (χ1n) is 9.74. The molecule has 0 saturated carbocycles. The second-order valence-corrected chi connectivity index (χ2v) is 9.12. The Morgan fingerprint density at radius 3 is 2.41 bits per heavy atom. The number of sulfone groups is 1. The van der Waals surface area contributed by atoms with Gasteiger partial charge in [-0.1, -0.05) is 24.3 Å². The van der Waals surface area contributed by atoms with E-state index in [4.69, 9.17) is 4.74 Å². The molecule has 4 aromatic rings. The molecule has 0 radical (unpaired) electrons. The lowest BCUT2D eigenvalue weighted by molar-refractivity contribution is 0.0472. The number of hydrogen-bond donors (Lipinski definition) is 0. The summed E-state index contributed by atoms with van der Waals surface area (Å²) in [5, 5.41) is 4.15. The van der Waals surface area contributed by atoms with Crippen molar-refractivity contribution >= 4 is 21.6 Å². The highest BCUT2D eigenvalue weighted by molar-refractivity contribution is 7.91. The monoisotopic (exact) mass is 444 g/mol. The number of aromatic nitrogens is 2. The van der Waals surface area contributed by atoms with Crippen molar-refractivity contribution in [2.75, 3.05) is 0 Å². The van der Waals surface area contributed by atoms with E-state index in [-0.39, 0.29) is 38.9 Å². The van der Waals surface area contributed by atoms with Gasteiger partial charge in [0.05, 0.1) is 21.0 Å². The number of esters is 1. The molecule has 32 heavy (non-hydrogen) atoms. The number of ether oxygens (including phenoxy) is 1. The molecule has 0 saturated heterocycles. The second-order valence-electron chi connectivity index (χ2n) is 7.23. The Bertz CT molecular complexity index is 1460. The van der Waals surface area contributed by atoms with Crippen LogP contribution in [0.25, 0.3) is 5.69 Å². The zero-order valence-electron chi connectivity index (χ0n) is 16.6. The quantitative estimate of drug-likeness (QED) is 0.393. The number of nitrogens with zero attached hydrogens (tertiary/aromatic N) is 2. The minimum atomic E-state index is -3.92. The van der Waals surface area contributed by atoms with Gasteiger partial charge in [-0.2, -0.15) is 5.10 Å². The van der Waals surface area contributed by atoms with Crippen LogP contribution >= 0.6 is 0 Å². The van der Waals surface area contributed by atoms with E-state index in [1.54, 1.807) is 23.0 Å². The highest BCUT2D eigenvalue weighted by atomic mass is 32.2. The Balaban J connectivity index is 1.37. The van der Waals surface area contributed by atoms with Gasteiger partial charge in [0, 0.05) is 23.5 Å². The second kappa shape index (κ2) is 7.58. The van der Waals surface area contributed by atoms with Crippen LogP contribution in [0.2, 0.25) is 0 Å². The maximum atomic E-state index is 13.0. The van der Waals surface area contributed by atoms with Crippen molar-refractivity contribution in [1.29, 1.82) is 0 Å². The van der Waals surface area contributed by atoms with Gasteiger partial charge in [0.1, 0.15) is 6.61 Å². The smallest absolute Gasteiger partial charge is 0.338 e. The lowest BCUT2D eigenvalue weighted by atomic mass is 10.0. The molecule has 0 atom stereocenters. The Morgan fingerprint density at radius 2 is 1.66 bits per heavy atom. The molecular formula is C24H16N2O5S. The van der Waals surface area contributed by atoms with Crippen LogP contribution in [0.3, 0.4) is 0 Å². The summed E-state index contributed by atoms with van der Waals surface area (Å²) >= 11 is 0. The Kier molecular flexibility index (Phi) is 4.71. The minimum absolute atomic E-state index is 0.0177. The van der Waals surface area contributed by atoms with Crippen LogP contribution in [-0.2, 0) is 21.2 Å². The normalized spacial score (nSPS) is 13.8. The third-order valence-electron chi connectivity index (χ3n) is 5.25. The Labute approximate surface area is 183 Å². The molecule has 8 heteroatoms. The summed E-state index contributed by atoms with van der Waals surface area (Å²) in [6.07, 6.45) is 3.50. The molecule has 1 aliphatic heterocycles. The lowest BCUT2D eigenvalue weighted by Crippen LogP contribution is -2.21. The number of hydrogen-bond acceptors (Lipinski definition) is 6. The largest absolute Gasteiger partial charge is 0.457 e. The first-order chi connectivity index (χ1) is 15.4. The van der Waals surface area contributed by atoms with Gasteiger partial charge >= 0.3 is 5.97 Å². The summed E-state index contributed by atoms with van der Waals surface area (Å²) < 4.78 is 33.1. The number of fused-ring (bicyclic) bond motifs is 2. The SMILES string of the molecule is O=C(OCc1ccc(-n2cccn2)cc1)c1ccc2c(c1)S(=O)(=O)c1ccccc1C2=O. The maximum absolute atomic E-state index is 13.0. The molecule has 0 fully saturated rings. The molecule has 3 aromatic carbocycles. The van der Waals surface area contributed by atoms with Crippen LogP contribution in [-0.4, -0.2) is 30.0 Å². The molecule has 7 nitrogen and oxygen atoms in total. The van der Waals surface area contributed by atoms with Crippen LogP contribution in [0.5, 0.6) is 0 Å². The predicted molar refractivity (Wildman–Crippen MR) is 114 cm³/mol. The van der Waals surface area contributed by atoms with E-state index in [1.165, 1.54) is 30.3 Å². The van der Waals surface area contributed by atoms with E-state index in [0.29, 0.717) is 0 Å². The van der Waals surface area contributed by atoms with Crippen LogP contribution in [0.15, 0.2) is 95.0 Å². The zero-order chi connectivity index (χ0) is 22.3. The van der Waals surface area contributed by atoms with E-state index in [0.717, 1.165) is 11.3 Å². The third-order valence-corrected chi connectivity index (χ3v) is 7.10. The minimum Gasteiger partial charge on any atom is -0.457 e. The topological polar surface area (TPSA) is 95.3 Å². The van der Waals surface area contributed by atoms with Gasteiger partial charge in [0.15, 0.2) is 5.78 Å². The molecule has 158 valence electrons. The lowest BCUT2D eigenvalue weighted by Gasteiger charge is -2.19. The molecule has 0 bridgehead atoms. The zero-order valence-corrected chi connectivity index (χ0v) is 17.5. The van der Waals surface area contributed by atoms with Gasteiger partial charge in [-0.05, 0) is 54.1 Å². The number of benzene rings is 3. The molecule has 1 aromatic heterocycles. The summed E-state index contributed by atoms with van der Waals surface area (Å²) in [6, 6.07) is 19.2. The fourth-order valence-corrected chi connectivity index (χ4v) is 5.29. The van der Waals surface area contributed by atoms with Crippen molar-refractivity contribution in [3.8, 4) is 5.69 Å². The van der Waals surface area contributed by atoms with Crippen LogP contribution in [0.4, 0.5) is 0 Å². The Hall–Kier alpha value is -4.04. The molecule has 2 heterocycles. The van der Waals surface area contributed by atoms with Gasteiger partial charge < -0.3 is 4.74 Å². The van der Waals surface area contributed by atoms with Gasteiger partial charge in [-0.15, -0.1) is 0 Å². The van der Waals surface area contributed by atoms with Crippen molar-refractivity contribution in [1.82, 2.24) is 9.78 Å². The van der Waals surface area contributed by atoms with E-state index in [9.17, 15) is 18.0 Å². The molecular weight excluding hydrogens is 428 g/mol. The average molecular weight is 444 g/mol. The summed E-state index contributed by atoms with van der Waals surface area (Å²) in [5.41, 5.74) is 1.88. The van der Waals surface area contributed by atoms with Crippen molar-refractivity contribution in [2.24, 2.45) is 0 Å². The first kappa shape index (κ1) is 19.9. The van der Waals surface area contributed by atoms with Gasteiger partial charge in [0.25, 0.3) is 0 Å². The molecule has 0 aliphatic carbocycles. The fourth-order valence-electron chi connectivity index (χ4n) is 3.61. The molecule has 0 N–H and O–H groups in total. The van der Waals surface area contributed by atoms with Crippen molar-refractivity contribution in [3.63, 3.8) is 0 Å². The molecule has 1 aliphatic rings. The average Bonchev–Trinajstić information content (AvgIpc) is 3.36. The summed E-state index contributed by atoms with van der Waals surface area (Å²) in [6.45, 7) is 0.0177. The summed E-state index contributed by atoms with van der Waals surface area (Å²) in [4.78, 5) is 25.1. The van der Waals surface area contributed by atoms with Crippen LogP contribution in [0, 0.1) is 0 Å². The number of ketones is 1. The Morgan fingerprint density at radius 1 is 0.906 bits per heavy atom. The van der Waals surface area contributed by atoms with Gasteiger partial charge in [-0.3, -0.25) is 4.79 Å². The van der Waals surface area contributed by atoms with Crippen molar-refractivity contribution in [3.05, 3.63) is 107 Å². The van der Waals surface area contributed by atoms with Crippen molar-refractivity contribution < 1.29 is 22.7 Å². The number of carbonyl (C=O) groups is 2. The molecule has 5 rings (SSSR count). The fraction of sp³-hybridized carbons (Fsp3) is 0.0417. The highest BCUT2D eigenvalue weighted by Crippen LogP contribution is 2.34. The highest BCUT2D eigenvalue weighted by Gasteiger charge is 2.35. The van der Waals surface area contributed by atoms with Crippen molar-refractivity contribution in [2.45, 2.75) is 16.4 Å². The summed E-state index contributed by atoms with van der Waals surface area (Å²) in [5.74, 6) is -1.06. The standard InChI is InChI=1S/C24H16N2O5S/c27-23-19-4-1-2-5-21(19)32(29,30)22-14-17(8-11-20(22)23)24(28)31-15-16-6-9-18(10-7-16)26-13-3-12-25-26/h1-14H,15H2. The summed E-state index contributed by atoms with van der Waals surface area (Å²) in [7, 11) is -3.92. The maximum Gasteiger partial charge on any atom is 0.338 e. The van der Waals surface area contributed by atoms with Gasteiger partial charge in [0.2, 0.25) is 9.84 Å².